The molecule has 0 aromatic heterocycles. The summed E-state index contributed by atoms with van der Waals surface area (Å²) in [5, 5.41) is 14.5. The number of rotatable bonds is 9. The second-order valence-corrected chi connectivity index (χ2v) is 8.25. The molecule has 1 aromatic rings. The van der Waals surface area contributed by atoms with Gasteiger partial charge in [0, 0.05) is 0 Å². The summed E-state index contributed by atoms with van der Waals surface area (Å²) in [4.78, 5) is 36.3. The first-order valence-electron chi connectivity index (χ1n) is 9.54. The van der Waals surface area contributed by atoms with E-state index in [1.54, 1.807) is 20.8 Å². The Kier molecular flexibility index (Phi) is 8.96. The highest BCUT2D eigenvalue weighted by molar-refractivity contribution is 5.89. The minimum Gasteiger partial charge on any atom is -0.480 e. The summed E-state index contributed by atoms with van der Waals surface area (Å²) < 4.78 is 5.24. The Hall–Kier alpha value is -2.57. The van der Waals surface area contributed by atoms with Crippen LogP contribution in [0.5, 0.6) is 0 Å². The number of ether oxygens (including phenoxy) is 1. The first kappa shape index (κ1) is 23.5. The lowest BCUT2D eigenvalue weighted by Gasteiger charge is -2.25. The molecule has 7 nitrogen and oxygen atoms in total. The van der Waals surface area contributed by atoms with E-state index in [1.165, 1.54) is 0 Å². The van der Waals surface area contributed by atoms with Gasteiger partial charge in [0.15, 0.2) is 0 Å². The molecule has 1 aromatic carbocycles. The van der Waals surface area contributed by atoms with Crippen LogP contribution in [0.3, 0.4) is 0 Å². The monoisotopic (exact) mass is 392 g/mol. The van der Waals surface area contributed by atoms with Gasteiger partial charge in [-0.3, -0.25) is 4.79 Å². The third-order valence-corrected chi connectivity index (χ3v) is 3.89. The summed E-state index contributed by atoms with van der Waals surface area (Å²) in [7, 11) is 0. The van der Waals surface area contributed by atoms with E-state index in [0.717, 1.165) is 5.56 Å². The molecule has 0 aliphatic carbocycles. The smallest absolute Gasteiger partial charge is 0.408 e. The second-order valence-electron chi connectivity index (χ2n) is 8.25. The van der Waals surface area contributed by atoms with Crippen molar-refractivity contribution in [1.82, 2.24) is 10.6 Å². The minimum absolute atomic E-state index is 0.1000. The SMILES string of the molecule is CC(C)CC(NC(=O)C(CCc1ccccc1)NC(=O)OC(C)(C)C)C(=O)O. The molecule has 0 saturated heterocycles. The molecule has 0 aliphatic rings. The Morgan fingerprint density at radius 2 is 1.64 bits per heavy atom. The molecule has 2 atom stereocenters. The highest BCUT2D eigenvalue weighted by Crippen LogP contribution is 2.11. The van der Waals surface area contributed by atoms with E-state index >= 15 is 0 Å². The number of carboxylic acid groups (broad SMARTS) is 1. The van der Waals surface area contributed by atoms with Crippen LogP contribution in [0, 0.1) is 5.92 Å². The molecule has 7 heteroatoms. The molecule has 156 valence electrons. The van der Waals surface area contributed by atoms with Gasteiger partial charge in [0.25, 0.3) is 0 Å². The third-order valence-electron chi connectivity index (χ3n) is 3.89. The molecular formula is C21H32N2O5. The first-order chi connectivity index (χ1) is 13.0. The lowest BCUT2D eigenvalue weighted by molar-refractivity contribution is -0.142. The minimum atomic E-state index is -1.10. The van der Waals surface area contributed by atoms with E-state index in [-0.39, 0.29) is 5.92 Å². The van der Waals surface area contributed by atoms with Gasteiger partial charge in [-0.2, -0.15) is 0 Å². The lowest BCUT2D eigenvalue weighted by Crippen LogP contribution is -2.52. The van der Waals surface area contributed by atoms with E-state index in [1.807, 2.05) is 44.2 Å². The first-order valence-corrected chi connectivity index (χ1v) is 9.54. The van der Waals surface area contributed by atoms with Gasteiger partial charge >= 0.3 is 12.1 Å². The molecule has 0 saturated carbocycles. The summed E-state index contributed by atoms with van der Waals surface area (Å²) >= 11 is 0. The quantitative estimate of drug-likeness (QED) is 0.599. The van der Waals surface area contributed by atoms with Gasteiger partial charge in [0.05, 0.1) is 0 Å². The number of nitrogens with one attached hydrogen (secondary N) is 2. The topological polar surface area (TPSA) is 105 Å². The molecule has 3 N–H and O–H groups in total. The average Bonchev–Trinajstić information content (AvgIpc) is 2.56. The summed E-state index contributed by atoms with van der Waals surface area (Å²) in [6.07, 6.45) is 0.468. The molecule has 28 heavy (non-hydrogen) atoms. The molecule has 0 aliphatic heterocycles. The number of carbonyl (C=O) groups is 3. The van der Waals surface area contributed by atoms with Crippen molar-refractivity contribution in [3.8, 4) is 0 Å². The van der Waals surface area contributed by atoms with Crippen molar-refractivity contribution < 1.29 is 24.2 Å². The molecule has 0 heterocycles. The Bertz CT molecular complexity index is 653. The zero-order chi connectivity index (χ0) is 21.3. The Balaban J connectivity index is 2.85. The molecular weight excluding hydrogens is 360 g/mol. The number of benzene rings is 1. The Morgan fingerprint density at radius 1 is 1.04 bits per heavy atom. The largest absolute Gasteiger partial charge is 0.480 e. The summed E-state index contributed by atoms with van der Waals surface area (Å²) in [5.74, 6) is -1.53. The number of carbonyl (C=O) groups excluding carboxylic acids is 2. The maximum atomic E-state index is 12.7. The third kappa shape index (κ3) is 9.39. The van der Waals surface area contributed by atoms with Crippen molar-refractivity contribution in [3.05, 3.63) is 35.9 Å². The van der Waals surface area contributed by atoms with E-state index < -0.39 is 35.7 Å². The van der Waals surface area contributed by atoms with Crippen molar-refractivity contribution in [1.29, 1.82) is 0 Å². The van der Waals surface area contributed by atoms with Gasteiger partial charge in [0.2, 0.25) is 5.91 Å². The normalized spacial score (nSPS) is 13.5. The van der Waals surface area contributed by atoms with Crippen molar-refractivity contribution in [2.45, 2.75) is 71.6 Å². The van der Waals surface area contributed by atoms with Crippen LogP contribution < -0.4 is 10.6 Å². The van der Waals surface area contributed by atoms with Crippen LogP contribution in [0.15, 0.2) is 30.3 Å². The van der Waals surface area contributed by atoms with Crippen LogP contribution in [0.4, 0.5) is 4.79 Å². The van der Waals surface area contributed by atoms with Gasteiger partial charge in [-0.05, 0) is 51.5 Å². The van der Waals surface area contributed by atoms with Crippen LogP contribution in [-0.2, 0) is 20.7 Å². The highest BCUT2D eigenvalue weighted by atomic mass is 16.6. The summed E-state index contributed by atoms with van der Waals surface area (Å²) in [6, 6.07) is 7.65. The summed E-state index contributed by atoms with van der Waals surface area (Å²) in [5.41, 5.74) is 0.314. The van der Waals surface area contributed by atoms with Crippen LogP contribution in [0.25, 0.3) is 0 Å². The van der Waals surface area contributed by atoms with E-state index in [2.05, 4.69) is 10.6 Å². The maximum absolute atomic E-state index is 12.7. The Labute approximate surface area is 166 Å². The van der Waals surface area contributed by atoms with Crippen molar-refractivity contribution in [3.63, 3.8) is 0 Å². The van der Waals surface area contributed by atoms with Crippen LogP contribution >= 0.6 is 0 Å². The second kappa shape index (κ2) is 10.7. The predicted octanol–water partition coefficient (Wildman–Crippen LogP) is 3.13. The maximum Gasteiger partial charge on any atom is 0.408 e. The standard InChI is InChI=1S/C21H32N2O5/c1-14(2)13-17(19(25)26)22-18(24)16(23-20(27)28-21(3,4)5)12-11-15-9-7-6-8-10-15/h6-10,14,16-17H,11-13H2,1-5H3,(H,22,24)(H,23,27)(H,25,26). The number of aliphatic carboxylic acids is 1. The van der Waals surface area contributed by atoms with Crippen LogP contribution in [0.2, 0.25) is 0 Å². The van der Waals surface area contributed by atoms with Crippen molar-refractivity contribution in [2.75, 3.05) is 0 Å². The van der Waals surface area contributed by atoms with Crippen molar-refractivity contribution >= 4 is 18.0 Å². The van der Waals surface area contributed by atoms with Gasteiger partial charge in [-0.1, -0.05) is 44.2 Å². The number of hydrogen-bond acceptors (Lipinski definition) is 4. The fourth-order valence-corrected chi connectivity index (χ4v) is 2.64. The lowest BCUT2D eigenvalue weighted by atomic mass is 10.0. The molecule has 0 spiro atoms. The van der Waals surface area contributed by atoms with Crippen LogP contribution in [-0.4, -0.2) is 40.8 Å². The number of hydrogen-bond donors (Lipinski definition) is 3. The van der Waals surface area contributed by atoms with Crippen LogP contribution in [0.1, 0.15) is 53.0 Å². The van der Waals surface area contributed by atoms with Gasteiger partial charge in [0.1, 0.15) is 17.7 Å². The zero-order valence-electron chi connectivity index (χ0n) is 17.3. The molecule has 1 rings (SSSR count). The van der Waals surface area contributed by atoms with Gasteiger partial charge in [-0.15, -0.1) is 0 Å². The number of aryl methyl sites for hydroxylation is 1. The summed E-state index contributed by atoms with van der Waals surface area (Å²) in [6.45, 7) is 8.96. The molecule has 0 fully saturated rings. The number of alkyl carbamates (subject to hydrolysis) is 1. The van der Waals surface area contributed by atoms with Gasteiger partial charge < -0.3 is 20.5 Å². The van der Waals surface area contributed by atoms with E-state index in [4.69, 9.17) is 4.74 Å². The molecule has 0 bridgehead atoms. The molecule has 2 unspecified atom stereocenters. The fourth-order valence-electron chi connectivity index (χ4n) is 2.64. The van der Waals surface area contributed by atoms with E-state index in [9.17, 15) is 19.5 Å². The molecule has 0 radical (unpaired) electrons. The van der Waals surface area contributed by atoms with Crippen molar-refractivity contribution in [2.24, 2.45) is 5.92 Å². The fraction of sp³-hybridized carbons (Fsp3) is 0.571. The van der Waals surface area contributed by atoms with E-state index in [0.29, 0.717) is 19.3 Å². The van der Waals surface area contributed by atoms with Gasteiger partial charge in [-0.25, -0.2) is 9.59 Å². The Morgan fingerprint density at radius 3 is 2.14 bits per heavy atom. The molecule has 2 amide bonds. The predicted molar refractivity (Wildman–Crippen MR) is 107 cm³/mol. The highest BCUT2D eigenvalue weighted by Gasteiger charge is 2.28. The zero-order valence-corrected chi connectivity index (χ0v) is 17.3. The average molecular weight is 392 g/mol. The number of amides is 2. The number of carboxylic acids is 1.